The van der Waals surface area contributed by atoms with E-state index in [0.717, 1.165) is 18.5 Å². The maximum atomic E-state index is 10.7. The van der Waals surface area contributed by atoms with Gasteiger partial charge in [0.2, 0.25) is 6.10 Å². The van der Waals surface area contributed by atoms with Crippen LogP contribution in [-0.2, 0) is 9.63 Å². The summed E-state index contributed by atoms with van der Waals surface area (Å²) in [5.74, 6) is -0.976. The number of hydrogen-bond donors (Lipinski definition) is 1. The van der Waals surface area contributed by atoms with Crippen molar-refractivity contribution in [1.29, 1.82) is 0 Å². The third-order valence-electron chi connectivity index (χ3n) is 2.85. The summed E-state index contributed by atoms with van der Waals surface area (Å²) in [7, 11) is 0. The van der Waals surface area contributed by atoms with Crippen molar-refractivity contribution in [3.63, 3.8) is 0 Å². The number of rotatable bonds is 3. The molecule has 1 unspecified atom stereocenters. The van der Waals surface area contributed by atoms with Crippen molar-refractivity contribution < 1.29 is 14.7 Å². The van der Waals surface area contributed by atoms with Crippen LogP contribution in [0.25, 0.3) is 0 Å². The number of aliphatic carboxylic acids is 1. The fourth-order valence-electron chi connectivity index (χ4n) is 1.83. The van der Waals surface area contributed by atoms with Crippen LogP contribution in [0.2, 0.25) is 0 Å². The highest BCUT2D eigenvalue weighted by molar-refractivity contribution is 6.02. The minimum Gasteiger partial charge on any atom is -0.478 e. The lowest BCUT2D eigenvalue weighted by Gasteiger charge is -2.04. The minimum absolute atomic E-state index is 0.313. The first-order chi connectivity index (χ1) is 7.75. The number of nitrogens with zero attached hydrogens (tertiary/aromatic N) is 3. The van der Waals surface area contributed by atoms with E-state index in [0.29, 0.717) is 18.2 Å². The lowest BCUT2D eigenvalue weighted by Crippen LogP contribution is -2.20. The average Bonchev–Trinajstić information content (AvgIpc) is 2.83. The van der Waals surface area contributed by atoms with Gasteiger partial charge in [-0.25, -0.2) is 9.78 Å². The molecular formula is C10H11N3O3. The summed E-state index contributed by atoms with van der Waals surface area (Å²) in [4.78, 5) is 19.7. The van der Waals surface area contributed by atoms with Crippen LogP contribution in [0.3, 0.4) is 0 Å². The molecule has 0 amide bonds. The number of carboxylic acids is 1. The molecule has 0 bridgehead atoms. The van der Waals surface area contributed by atoms with Crippen molar-refractivity contribution in [1.82, 2.24) is 9.55 Å². The van der Waals surface area contributed by atoms with Crippen molar-refractivity contribution in [3.8, 4) is 0 Å². The van der Waals surface area contributed by atoms with Gasteiger partial charge in [0.15, 0.2) is 0 Å². The molecular weight excluding hydrogens is 210 g/mol. The van der Waals surface area contributed by atoms with E-state index in [1.165, 1.54) is 0 Å². The van der Waals surface area contributed by atoms with Crippen molar-refractivity contribution in [2.24, 2.45) is 5.16 Å². The quantitative estimate of drug-likeness (QED) is 0.818. The molecule has 1 aromatic rings. The van der Waals surface area contributed by atoms with Gasteiger partial charge in [-0.1, -0.05) is 5.16 Å². The molecule has 1 aromatic heterocycles. The molecule has 0 spiro atoms. The van der Waals surface area contributed by atoms with E-state index in [4.69, 9.17) is 9.94 Å². The Labute approximate surface area is 91.5 Å². The van der Waals surface area contributed by atoms with Crippen molar-refractivity contribution >= 4 is 11.7 Å². The van der Waals surface area contributed by atoms with E-state index >= 15 is 0 Å². The van der Waals surface area contributed by atoms with Gasteiger partial charge < -0.3 is 14.5 Å². The lowest BCUT2D eigenvalue weighted by atomic mass is 10.1. The van der Waals surface area contributed by atoms with Gasteiger partial charge in [0.1, 0.15) is 5.71 Å². The zero-order valence-electron chi connectivity index (χ0n) is 8.54. The number of imidazole rings is 1. The predicted octanol–water partition coefficient (Wildman–Crippen LogP) is 0.796. The van der Waals surface area contributed by atoms with Crippen LogP contribution in [0.15, 0.2) is 17.7 Å². The largest absolute Gasteiger partial charge is 0.478 e. The van der Waals surface area contributed by atoms with Crippen molar-refractivity contribution in [3.05, 3.63) is 18.2 Å². The molecule has 1 fully saturated rings. The smallest absolute Gasteiger partial charge is 0.348 e. The second-order valence-corrected chi connectivity index (χ2v) is 4.09. The van der Waals surface area contributed by atoms with Gasteiger partial charge in [0.25, 0.3) is 0 Å². The highest BCUT2D eigenvalue weighted by Crippen LogP contribution is 2.36. The number of hydrogen-bond acceptors (Lipinski definition) is 4. The van der Waals surface area contributed by atoms with Crippen LogP contribution in [-0.4, -0.2) is 32.4 Å². The summed E-state index contributed by atoms with van der Waals surface area (Å²) in [5, 5.41) is 12.6. The van der Waals surface area contributed by atoms with Crippen molar-refractivity contribution in [2.75, 3.05) is 0 Å². The van der Waals surface area contributed by atoms with Gasteiger partial charge in [-0.2, -0.15) is 0 Å². The highest BCUT2D eigenvalue weighted by Gasteiger charge is 2.32. The first-order valence-electron chi connectivity index (χ1n) is 5.23. The maximum Gasteiger partial charge on any atom is 0.348 e. The predicted molar refractivity (Wildman–Crippen MR) is 54.2 cm³/mol. The second-order valence-electron chi connectivity index (χ2n) is 4.09. The van der Waals surface area contributed by atoms with Crippen LogP contribution >= 0.6 is 0 Å². The average molecular weight is 221 g/mol. The van der Waals surface area contributed by atoms with E-state index in [2.05, 4.69) is 10.1 Å². The van der Waals surface area contributed by atoms with E-state index in [1.54, 1.807) is 12.5 Å². The van der Waals surface area contributed by atoms with Crippen LogP contribution in [0.4, 0.5) is 0 Å². The SMILES string of the molecule is O=C(O)C1CC(c2cncn2C2CC2)=NO1. The summed E-state index contributed by atoms with van der Waals surface area (Å²) >= 11 is 0. The van der Waals surface area contributed by atoms with Gasteiger partial charge in [-0.05, 0) is 12.8 Å². The second kappa shape index (κ2) is 3.33. The Morgan fingerprint density at radius 1 is 1.56 bits per heavy atom. The molecule has 84 valence electrons. The first-order valence-corrected chi connectivity index (χ1v) is 5.23. The molecule has 1 N–H and O–H groups in total. The van der Waals surface area contributed by atoms with Crippen LogP contribution in [0.1, 0.15) is 31.0 Å². The highest BCUT2D eigenvalue weighted by atomic mass is 16.7. The van der Waals surface area contributed by atoms with Crippen molar-refractivity contribution in [2.45, 2.75) is 31.4 Å². The summed E-state index contributed by atoms with van der Waals surface area (Å²) in [6.07, 6.45) is 5.25. The van der Waals surface area contributed by atoms with E-state index in [-0.39, 0.29) is 0 Å². The molecule has 0 saturated heterocycles. The first kappa shape index (κ1) is 9.38. The summed E-state index contributed by atoms with van der Waals surface area (Å²) in [6.45, 7) is 0. The molecule has 6 heteroatoms. The van der Waals surface area contributed by atoms with Gasteiger partial charge in [0, 0.05) is 12.5 Å². The maximum absolute atomic E-state index is 10.7. The summed E-state index contributed by atoms with van der Waals surface area (Å²) in [6, 6.07) is 0.504. The Morgan fingerprint density at radius 3 is 3.00 bits per heavy atom. The van der Waals surface area contributed by atoms with Gasteiger partial charge >= 0.3 is 5.97 Å². The molecule has 0 radical (unpaired) electrons. The molecule has 6 nitrogen and oxygen atoms in total. The topological polar surface area (TPSA) is 76.7 Å². The standard InChI is InChI=1S/C10H11N3O3/c14-10(15)9-3-7(12-16-9)8-4-11-5-13(8)6-1-2-6/h4-6,9H,1-3H2,(H,14,15). The Hall–Kier alpha value is -1.85. The van der Waals surface area contributed by atoms with Gasteiger partial charge in [0.05, 0.1) is 18.2 Å². The Balaban J connectivity index is 1.83. The summed E-state index contributed by atoms with van der Waals surface area (Å²) in [5.41, 5.74) is 1.56. The molecule has 2 heterocycles. The number of carboxylic acid groups (broad SMARTS) is 1. The monoisotopic (exact) mass is 221 g/mol. The third kappa shape index (κ3) is 1.46. The van der Waals surface area contributed by atoms with Gasteiger partial charge in [-0.3, -0.25) is 0 Å². The number of carbonyl (C=O) groups is 1. The van der Waals surface area contributed by atoms with Crippen LogP contribution < -0.4 is 0 Å². The Kier molecular flexibility index (Phi) is 1.95. The third-order valence-corrected chi connectivity index (χ3v) is 2.85. The molecule has 3 rings (SSSR count). The fraction of sp³-hybridized carbons (Fsp3) is 0.500. The Bertz CT molecular complexity index is 462. The normalized spacial score (nSPS) is 24.0. The van der Waals surface area contributed by atoms with E-state index in [9.17, 15) is 4.79 Å². The molecule has 0 aromatic carbocycles. The van der Waals surface area contributed by atoms with Crippen LogP contribution in [0.5, 0.6) is 0 Å². The fourth-order valence-corrected chi connectivity index (χ4v) is 1.83. The number of aromatic nitrogens is 2. The molecule has 1 atom stereocenters. The Morgan fingerprint density at radius 2 is 2.38 bits per heavy atom. The lowest BCUT2D eigenvalue weighted by molar-refractivity contribution is -0.148. The van der Waals surface area contributed by atoms with Crippen LogP contribution in [0, 0.1) is 0 Å². The zero-order valence-corrected chi connectivity index (χ0v) is 8.54. The molecule has 16 heavy (non-hydrogen) atoms. The minimum atomic E-state index is -0.976. The summed E-state index contributed by atoms with van der Waals surface area (Å²) < 4.78 is 2.05. The molecule has 2 aliphatic rings. The van der Waals surface area contributed by atoms with E-state index < -0.39 is 12.1 Å². The molecule has 1 aliphatic carbocycles. The zero-order chi connectivity index (χ0) is 11.1. The number of oxime groups is 1. The van der Waals surface area contributed by atoms with Gasteiger partial charge in [-0.15, -0.1) is 0 Å². The molecule has 1 aliphatic heterocycles. The molecule has 1 saturated carbocycles. The van der Waals surface area contributed by atoms with E-state index in [1.807, 2.05) is 4.57 Å².